The second-order valence-electron chi connectivity index (χ2n) is 13.2. The second kappa shape index (κ2) is 12.1. The number of carbonyl (C=O) groups excluding carboxylic acids is 4. The Hall–Kier alpha value is -3.56. The number of nitrogens with zero attached hydrogens (tertiary/aromatic N) is 3. The Morgan fingerprint density at radius 2 is 1.82 bits per heavy atom. The molecule has 1 aliphatic carbocycles. The van der Waals surface area contributed by atoms with Crippen molar-refractivity contribution in [3.63, 3.8) is 0 Å². The van der Waals surface area contributed by atoms with Gasteiger partial charge in [-0.2, -0.15) is 0 Å². The number of fused-ring (bicyclic) bond motifs is 1. The summed E-state index contributed by atoms with van der Waals surface area (Å²) in [5, 5.41) is 2.99. The molecule has 1 N–H and O–H groups in total. The summed E-state index contributed by atoms with van der Waals surface area (Å²) in [7, 11) is 0. The van der Waals surface area contributed by atoms with Gasteiger partial charge in [0.2, 0.25) is 11.8 Å². The van der Waals surface area contributed by atoms with Gasteiger partial charge >= 0.3 is 0 Å². The van der Waals surface area contributed by atoms with Crippen molar-refractivity contribution in [1.29, 1.82) is 0 Å². The first-order chi connectivity index (χ1) is 21.0. The number of imide groups is 1. The van der Waals surface area contributed by atoms with Crippen LogP contribution < -0.4 is 5.32 Å². The first kappa shape index (κ1) is 30.5. The number of piperidine rings is 1. The average Bonchev–Trinajstić information content (AvgIpc) is 3.13. The number of hydrogen-bond donors (Lipinski definition) is 1. The molecule has 2 aromatic carbocycles. The standard InChI is InChI=1S/C34H38ClFN4O4/c1-34(2)11-10-22(27(18-34)21-4-6-24(35)7-5-21)19-38-12-3-13-39(15-14-38)32(43)26-16-23-20-40(33(44)25(23)17-28(26)36)29-8-9-30(41)37-31(29)42/h4-7,16-17,29H,3,8-15,18-20H2,1-2H3,(H,37,41,42). The van der Waals surface area contributed by atoms with Gasteiger partial charge in [0.15, 0.2) is 0 Å². The summed E-state index contributed by atoms with van der Waals surface area (Å²) in [6.45, 7) is 8.08. The van der Waals surface area contributed by atoms with Crippen molar-refractivity contribution in [2.75, 3.05) is 32.7 Å². The van der Waals surface area contributed by atoms with Crippen LogP contribution in [0.5, 0.6) is 0 Å². The molecule has 3 heterocycles. The molecule has 44 heavy (non-hydrogen) atoms. The van der Waals surface area contributed by atoms with Gasteiger partial charge in [-0.1, -0.05) is 43.2 Å². The minimum Gasteiger partial charge on any atom is -0.337 e. The maximum Gasteiger partial charge on any atom is 0.256 e. The highest BCUT2D eigenvalue weighted by atomic mass is 35.5. The molecule has 0 spiro atoms. The van der Waals surface area contributed by atoms with Crippen LogP contribution in [0, 0.1) is 11.2 Å². The van der Waals surface area contributed by atoms with Crippen LogP contribution in [0.4, 0.5) is 4.39 Å². The molecular formula is C34H38ClFN4O4. The summed E-state index contributed by atoms with van der Waals surface area (Å²) in [4.78, 5) is 56.1. The van der Waals surface area contributed by atoms with E-state index in [1.54, 1.807) is 4.90 Å². The number of rotatable bonds is 5. The molecular weight excluding hydrogens is 583 g/mol. The molecule has 2 fully saturated rings. The van der Waals surface area contributed by atoms with Gasteiger partial charge in [0.1, 0.15) is 11.9 Å². The van der Waals surface area contributed by atoms with Crippen LogP contribution in [-0.2, 0) is 16.1 Å². The molecule has 2 saturated heterocycles. The fourth-order valence-electron chi connectivity index (χ4n) is 6.99. The zero-order valence-corrected chi connectivity index (χ0v) is 26.0. The molecule has 1 atom stereocenters. The van der Waals surface area contributed by atoms with Crippen LogP contribution in [0.3, 0.4) is 0 Å². The van der Waals surface area contributed by atoms with Crippen molar-refractivity contribution in [2.45, 2.75) is 65.0 Å². The fraction of sp³-hybridized carbons (Fsp3) is 0.471. The summed E-state index contributed by atoms with van der Waals surface area (Å²) >= 11 is 6.17. The van der Waals surface area contributed by atoms with E-state index in [0.717, 1.165) is 49.9 Å². The predicted molar refractivity (Wildman–Crippen MR) is 165 cm³/mol. The zero-order chi connectivity index (χ0) is 31.2. The lowest BCUT2D eigenvalue weighted by atomic mass is 9.72. The van der Waals surface area contributed by atoms with Gasteiger partial charge in [-0.3, -0.25) is 29.4 Å². The van der Waals surface area contributed by atoms with Gasteiger partial charge in [-0.25, -0.2) is 4.39 Å². The summed E-state index contributed by atoms with van der Waals surface area (Å²) in [5.41, 5.74) is 4.87. The fourth-order valence-corrected chi connectivity index (χ4v) is 7.12. The van der Waals surface area contributed by atoms with Gasteiger partial charge in [-0.15, -0.1) is 0 Å². The Bertz CT molecular complexity index is 1550. The highest BCUT2D eigenvalue weighted by molar-refractivity contribution is 6.30. The van der Waals surface area contributed by atoms with Crippen LogP contribution in [0.2, 0.25) is 5.02 Å². The van der Waals surface area contributed by atoms with Crippen molar-refractivity contribution in [3.05, 3.63) is 75.1 Å². The largest absolute Gasteiger partial charge is 0.337 e. The summed E-state index contributed by atoms with van der Waals surface area (Å²) < 4.78 is 15.3. The molecule has 4 aliphatic rings. The molecule has 4 amide bonds. The Morgan fingerprint density at radius 3 is 2.57 bits per heavy atom. The maximum absolute atomic E-state index is 15.3. The molecule has 3 aliphatic heterocycles. The highest BCUT2D eigenvalue weighted by Crippen LogP contribution is 2.43. The molecule has 0 bridgehead atoms. The normalized spacial score (nSPS) is 22.6. The number of carbonyl (C=O) groups is 4. The monoisotopic (exact) mass is 620 g/mol. The quantitative estimate of drug-likeness (QED) is 0.473. The van der Waals surface area contributed by atoms with Crippen molar-refractivity contribution < 1.29 is 23.6 Å². The summed E-state index contributed by atoms with van der Waals surface area (Å²) in [6, 6.07) is 9.88. The van der Waals surface area contributed by atoms with Crippen molar-refractivity contribution in [3.8, 4) is 0 Å². The number of halogens is 2. The molecule has 8 nitrogen and oxygen atoms in total. The van der Waals surface area contributed by atoms with E-state index in [1.165, 1.54) is 27.7 Å². The number of hydrogen-bond acceptors (Lipinski definition) is 5. The third-order valence-electron chi connectivity index (χ3n) is 9.51. The zero-order valence-electron chi connectivity index (χ0n) is 25.3. The van der Waals surface area contributed by atoms with Crippen LogP contribution >= 0.6 is 11.6 Å². The van der Waals surface area contributed by atoms with Crippen molar-refractivity contribution >= 4 is 40.8 Å². The van der Waals surface area contributed by atoms with Crippen LogP contribution in [0.1, 0.15) is 84.2 Å². The third-order valence-corrected chi connectivity index (χ3v) is 9.76. The topological polar surface area (TPSA) is 90.0 Å². The van der Waals surface area contributed by atoms with Crippen LogP contribution in [0.15, 0.2) is 42.0 Å². The van der Waals surface area contributed by atoms with Gasteiger partial charge < -0.3 is 9.80 Å². The SMILES string of the molecule is CC1(C)CCC(CN2CCCN(C(=O)c3cc4c(cc3F)C(=O)N(C3CCC(=O)NC3=O)C4)CC2)=C(c2ccc(Cl)cc2)C1. The van der Waals surface area contributed by atoms with Gasteiger partial charge in [0.25, 0.3) is 11.8 Å². The Morgan fingerprint density at radius 1 is 1.05 bits per heavy atom. The number of amides is 4. The Balaban J connectivity index is 1.14. The molecule has 0 aromatic heterocycles. The number of nitrogens with one attached hydrogen (secondary N) is 1. The Labute approximate surface area is 262 Å². The highest BCUT2D eigenvalue weighted by Gasteiger charge is 2.40. The van der Waals surface area contributed by atoms with Gasteiger partial charge in [-0.05, 0) is 78.5 Å². The van der Waals surface area contributed by atoms with E-state index in [2.05, 4.69) is 36.2 Å². The van der Waals surface area contributed by atoms with Crippen molar-refractivity contribution in [1.82, 2.24) is 20.0 Å². The lowest BCUT2D eigenvalue weighted by Crippen LogP contribution is -2.52. The lowest BCUT2D eigenvalue weighted by Gasteiger charge is -2.35. The Kier molecular flexibility index (Phi) is 8.37. The maximum atomic E-state index is 15.3. The van der Waals surface area contributed by atoms with E-state index in [1.807, 2.05) is 12.1 Å². The second-order valence-corrected chi connectivity index (χ2v) is 13.7. The molecule has 0 saturated carbocycles. The first-order valence-electron chi connectivity index (χ1n) is 15.4. The molecule has 0 radical (unpaired) electrons. The lowest BCUT2D eigenvalue weighted by molar-refractivity contribution is -0.136. The molecule has 1 unspecified atom stereocenters. The van der Waals surface area contributed by atoms with E-state index < -0.39 is 23.7 Å². The minimum atomic E-state index is -0.794. The number of benzene rings is 2. The van der Waals surface area contributed by atoms with E-state index in [0.29, 0.717) is 25.2 Å². The number of allylic oxidation sites excluding steroid dienone is 1. The average molecular weight is 621 g/mol. The van der Waals surface area contributed by atoms with E-state index >= 15 is 4.39 Å². The summed E-state index contributed by atoms with van der Waals surface area (Å²) in [6.07, 6.45) is 4.29. The van der Waals surface area contributed by atoms with E-state index in [9.17, 15) is 19.2 Å². The third kappa shape index (κ3) is 6.17. The molecule has 232 valence electrons. The first-order valence-corrected chi connectivity index (χ1v) is 15.8. The van der Waals surface area contributed by atoms with E-state index in [-0.39, 0.29) is 47.7 Å². The molecule has 6 rings (SSSR count). The van der Waals surface area contributed by atoms with Gasteiger partial charge in [0, 0.05) is 56.3 Å². The minimum absolute atomic E-state index is 0.0580. The van der Waals surface area contributed by atoms with Crippen molar-refractivity contribution in [2.24, 2.45) is 5.41 Å². The smallest absolute Gasteiger partial charge is 0.256 e. The summed E-state index contributed by atoms with van der Waals surface area (Å²) in [5.74, 6) is -2.49. The van der Waals surface area contributed by atoms with Crippen LogP contribution in [0.25, 0.3) is 5.57 Å². The molecule has 10 heteroatoms. The van der Waals surface area contributed by atoms with E-state index in [4.69, 9.17) is 11.6 Å². The predicted octanol–water partition coefficient (Wildman–Crippen LogP) is 5.05. The van der Waals surface area contributed by atoms with Gasteiger partial charge in [0.05, 0.1) is 5.56 Å². The molecule has 2 aromatic rings. The van der Waals surface area contributed by atoms with Crippen LogP contribution in [-0.4, -0.2) is 77.1 Å².